The number of carbonyl (C=O) groups is 1. The Morgan fingerprint density at radius 1 is 1.23 bits per heavy atom. The number of aromatic nitrogens is 2. The van der Waals surface area contributed by atoms with E-state index in [1.54, 1.807) is 17.0 Å². The van der Waals surface area contributed by atoms with E-state index in [1.165, 1.54) is 0 Å². The van der Waals surface area contributed by atoms with Crippen LogP contribution < -0.4 is 5.56 Å². The standard InChI is InChI=1S/C20H32N4O2/c1-15(2)18-11-19(25)24(14-21-18)12-16-6-9-23(10-7-16)20(26)17-5-4-8-22(3)13-17/h11,14-17H,4-10,12-13H2,1-3H3. The fourth-order valence-corrected chi connectivity index (χ4v) is 4.13. The fraction of sp³-hybridized carbons (Fsp3) is 0.750. The molecule has 6 nitrogen and oxygen atoms in total. The molecule has 6 heteroatoms. The van der Waals surface area contributed by atoms with Gasteiger partial charge >= 0.3 is 0 Å². The van der Waals surface area contributed by atoms with Gasteiger partial charge in [-0.05, 0) is 51.1 Å². The molecule has 0 N–H and O–H groups in total. The van der Waals surface area contributed by atoms with Crippen LogP contribution in [0.1, 0.15) is 51.1 Å². The van der Waals surface area contributed by atoms with E-state index in [1.807, 2.05) is 18.7 Å². The van der Waals surface area contributed by atoms with Crippen molar-refractivity contribution in [2.24, 2.45) is 11.8 Å². The maximum Gasteiger partial charge on any atom is 0.253 e. The predicted molar refractivity (Wildman–Crippen MR) is 102 cm³/mol. The lowest BCUT2D eigenvalue weighted by Crippen LogP contribution is -2.47. The Morgan fingerprint density at radius 2 is 1.96 bits per heavy atom. The number of hydrogen-bond acceptors (Lipinski definition) is 4. The zero-order valence-corrected chi connectivity index (χ0v) is 16.4. The summed E-state index contributed by atoms with van der Waals surface area (Å²) in [6, 6.07) is 1.66. The van der Waals surface area contributed by atoms with E-state index < -0.39 is 0 Å². The van der Waals surface area contributed by atoms with E-state index >= 15 is 0 Å². The van der Waals surface area contributed by atoms with Crippen molar-refractivity contribution in [3.8, 4) is 0 Å². The van der Waals surface area contributed by atoms with E-state index in [0.717, 1.165) is 57.6 Å². The van der Waals surface area contributed by atoms with Gasteiger partial charge in [0.15, 0.2) is 0 Å². The molecule has 3 heterocycles. The molecule has 1 amide bonds. The van der Waals surface area contributed by atoms with Gasteiger partial charge in [0.25, 0.3) is 5.56 Å². The zero-order chi connectivity index (χ0) is 18.7. The maximum atomic E-state index is 12.8. The molecule has 26 heavy (non-hydrogen) atoms. The van der Waals surface area contributed by atoms with Crippen LogP contribution in [0.2, 0.25) is 0 Å². The van der Waals surface area contributed by atoms with Crippen LogP contribution >= 0.6 is 0 Å². The molecule has 0 saturated carbocycles. The van der Waals surface area contributed by atoms with Crippen LogP contribution in [0.3, 0.4) is 0 Å². The number of likely N-dealkylation sites (tertiary alicyclic amines) is 2. The van der Waals surface area contributed by atoms with Gasteiger partial charge in [-0.25, -0.2) is 4.98 Å². The third kappa shape index (κ3) is 4.53. The van der Waals surface area contributed by atoms with Crippen LogP contribution in [0, 0.1) is 11.8 Å². The summed E-state index contributed by atoms with van der Waals surface area (Å²) in [6.07, 6.45) is 5.75. The van der Waals surface area contributed by atoms with Crippen LogP contribution in [0.15, 0.2) is 17.2 Å². The van der Waals surface area contributed by atoms with Gasteiger partial charge in [-0.1, -0.05) is 13.8 Å². The largest absolute Gasteiger partial charge is 0.342 e. The number of hydrogen-bond donors (Lipinski definition) is 0. The highest BCUT2D eigenvalue weighted by molar-refractivity contribution is 5.79. The smallest absolute Gasteiger partial charge is 0.253 e. The first kappa shape index (κ1) is 19.1. The van der Waals surface area contributed by atoms with Gasteiger partial charge in [0.05, 0.1) is 17.9 Å². The maximum absolute atomic E-state index is 12.8. The predicted octanol–water partition coefficient (Wildman–Crippen LogP) is 1.95. The molecule has 2 saturated heterocycles. The van der Waals surface area contributed by atoms with Crippen molar-refractivity contribution < 1.29 is 4.79 Å². The minimum Gasteiger partial charge on any atom is -0.342 e. The Hall–Kier alpha value is -1.69. The molecule has 0 radical (unpaired) electrons. The molecule has 1 unspecified atom stereocenters. The SMILES string of the molecule is CC(C)c1cc(=O)n(CC2CCN(C(=O)C3CCCN(C)C3)CC2)cn1. The molecule has 2 aliphatic rings. The Morgan fingerprint density at radius 3 is 2.58 bits per heavy atom. The lowest BCUT2D eigenvalue weighted by atomic mass is 9.93. The number of amides is 1. The molecule has 0 aromatic carbocycles. The average Bonchev–Trinajstić information content (AvgIpc) is 2.63. The van der Waals surface area contributed by atoms with E-state index in [9.17, 15) is 9.59 Å². The minimum atomic E-state index is 0.0347. The highest BCUT2D eigenvalue weighted by Crippen LogP contribution is 2.23. The molecule has 2 fully saturated rings. The molecule has 2 aliphatic heterocycles. The molecule has 0 bridgehead atoms. The van der Waals surface area contributed by atoms with Gasteiger partial charge in [-0.2, -0.15) is 0 Å². The molecular weight excluding hydrogens is 328 g/mol. The zero-order valence-electron chi connectivity index (χ0n) is 16.4. The van der Waals surface area contributed by atoms with Crippen molar-refractivity contribution >= 4 is 5.91 Å². The van der Waals surface area contributed by atoms with Gasteiger partial charge in [-0.15, -0.1) is 0 Å². The summed E-state index contributed by atoms with van der Waals surface area (Å²) < 4.78 is 1.73. The quantitative estimate of drug-likeness (QED) is 0.823. The van der Waals surface area contributed by atoms with Crippen molar-refractivity contribution in [3.63, 3.8) is 0 Å². The second-order valence-corrected chi connectivity index (χ2v) is 8.33. The van der Waals surface area contributed by atoms with E-state index in [-0.39, 0.29) is 17.4 Å². The molecule has 144 valence electrons. The summed E-state index contributed by atoms with van der Waals surface area (Å²) in [6.45, 7) is 8.42. The van der Waals surface area contributed by atoms with E-state index in [4.69, 9.17) is 0 Å². The molecule has 1 aromatic rings. The first-order valence-electron chi connectivity index (χ1n) is 9.97. The van der Waals surface area contributed by atoms with Gasteiger partial charge in [0.1, 0.15) is 0 Å². The normalized spacial score (nSPS) is 22.8. The van der Waals surface area contributed by atoms with Gasteiger partial charge in [-0.3, -0.25) is 14.2 Å². The third-order valence-electron chi connectivity index (χ3n) is 5.85. The average molecular weight is 361 g/mol. The summed E-state index contributed by atoms with van der Waals surface area (Å²) in [4.78, 5) is 33.8. The van der Waals surface area contributed by atoms with Crippen molar-refractivity contribution in [1.29, 1.82) is 0 Å². The first-order chi connectivity index (χ1) is 12.4. The van der Waals surface area contributed by atoms with Crippen LogP contribution in [0.25, 0.3) is 0 Å². The summed E-state index contributed by atoms with van der Waals surface area (Å²) in [5.41, 5.74) is 0.886. The Labute approximate surface area is 156 Å². The highest BCUT2D eigenvalue weighted by Gasteiger charge is 2.30. The number of piperidine rings is 2. The number of rotatable bonds is 4. The molecular formula is C20H32N4O2. The fourth-order valence-electron chi connectivity index (χ4n) is 4.13. The second-order valence-electron chi connectivity index (χ2n) is 8.33. The Bertz CT molecular complexity index is 677. The number of carbonyl (C=O) groups excluding carboxylic acids is 1. The Kier molecular flexibility index (Phi) is 6.12. The number of nitrogens with zero attached hydrogens (tertiary/aromatic N) is 4. The van der Waals surface area contributed by atoms with Crippen molar-refractivity contribution in [2.45, 2.75) is 52.0 Å². The summed E-state index contributed by atoms with van der Waals surface area (Å²) in [5.74, 6) is 1.21. The van der Waals surface area contributed by atoms with E-state index in [0.29, 0.717) is 18.4 Å². The van der Waals surface area contributed by atoms with Crippen LogP contribution in [0.5, 0.6) is 0 Å². The van der Waals surface area contributed by atoms with Crippen molar-refractivity contribution in [2.75, 3.05) is 33.2 Å². The highest BCUT2D eigenvalue weighted by atomic mass is 16.2. The van der Waals surface area contributed by atoms with Crippen LogP contribution in [0.4, 0.5) is 0 Å². The lowest BCUT2D eigenvalue weighted by molar-refractivity contribution is -0.138. The molecule has 1 aromatic heterocycles. The van der Waals surface area contributed by atoms with Gasteiger partial charge in [0, 0.05) is 32.2 Å². The lowest BCUT2D eigenvalue weighted by Gasteiger charge is -2.37. The minimum absolute atomic E-state index is 0.0347. The molecule has 0 aliphatic carbocycles. The first-order valence-corrected chi connectivity index (χ1v) is 9.97. The van der Waals surface area contributed by atoms with Crippen LogP contribution in [-0.4, -0.2) is 58.5 Å². The van der Waals surface area contributed by atoms with Crippen molar-refractivity contribution in [1.82, 2.24) is 19.4 Å². The molecule has 3 rings (SSSR count). The topological polar surface area (TPSA) is 58.4 Å². The molecule has 0 spiro atoms. The third-order valence-corrected chi connectivity index (χ3v) is 5.85. The van der Waals surface area contributed by atoms with E-state index in [2.05, 4.69) is 16.9 Å². The van der Waals surface area contributed by atoms with Gasteiger partial charge in [0.2, 0.25) is 5.91 Å². The summed E-state index contributed by atoms with van der Waals surface area (Å²) in [5, 5.41) is 0. The summed E-state index contributed by atoms with van der Waals surface area (Å²) in [7, 11) is 2.10. The van der Waals surface area contributed by atoms with Gasteiger partial charge < -0.3 is 9.80 Å². The Balaban J connectivity index is 1.52. The second kappa shape index (κ2) is 8.33. The monoisotopic (exact) mass is 360 g/mol. The molecule has 1 atom stereocenters. The van der Waals surface area contributed by atoms with Crippen molar-refractivity contribution in [3.05, 3.63) is 28.4 Å². The van der Waals surface area contributed by atoms with Crippen LogP contribution in [-0.2, 0) is 11.3 Å². The summed E-state index contributed by atoms with van der Waals surface area (Å²) >= 11 is 0.